The molecule has 1 aromatic rings. The lowest BCUT2D eigenvalue weighted by Gasteiger charge is -2.47. The van der Waals surface area contributed by atoms with E-state index in [0.29, 0.717) is 17.5 Å². The lowest BCUT2D eigenvalue weighted by atomic mass is 9.57. The van der Waals surface area contributed by atoms with Crippen LogP contribution in [0.25, 0.3) is 0 Å². The molecule has 21 heavy (non-hydrogen) atoms. The highest BCUT2D eigenvalue weighted by Crippen LogP contribution is 2.50. The van der Waals surface area contributed by atoms with Gasteiger partial charge < -0.3 is 5.11 Å². The summed E-state index contributed by atoms with van der Waals surface area (Å²) in [6, 6.07) is 7.87. The highest BCUT2D eigenvalue weighted by molar-refractivity contribution is 5.79. The highest BCUT2D eigenvalue weighted by atomic mass is 16.3. The summed E-state index contributed by atoms with van der Waals surface area (Å²) in [6.07, 6.45) is 8.66. The van der Waals surface area contributed by atoms with Gasteiger partial charge in [0.2, 0.25) is 0 Å². The molecular weight excluding hydrogens is 260 g/mol. The number of ketones is 1. The molecule has 1 aromatic carbocycles. The molecule has 0 aromatic heterocycles. The number of phenols is 1. The van der Waals surface area contributed by atoms with Gasteiger partial charge in [0.1, 0.15) is 11.5 Å². The smallest absolute Gasteiger partial charge is 0.132 e. The first-order valence-electron chi connectivity index (χ1n) is 8.41. The standard InChI is InChI=1S/C19H26O2/c1-14-10-12-19(13-11-14,15-2-6-17(20)7-3-15)16-4-8-18(21)9-5-16/h2-3,6-7,14,16,20H,4-5,8-13H2,1H3. The molecule has 0 aliphatic heterocycles. The van der Waals surface area contributed by atoms with Crippen molar-refractivity contribution in [1.82, 2.24) is 0 Å². The van der Waals surface area contributed by atoms with Crippen molar-refractivity contribution < 1.29 is 9.90 Å². The molecule has 1 N–H and O–H groups in total. The molecule has 2 fully saturated rings. The van der Waals surface area contributed by atoms with Gasteiger partial charge in [0.05, 0.1) is 0 Å². The van der Waals surface area contributed by atoms with Gasteiger partial charge in [-0.1, -0.05) is 19.1 Å². The Morgan fingerprint density at radius 2 is 1.57 bits per heavy atom. The summed E-state index contributed by atoms with van der Waals surface area (Å²) in [5, 5.41) is 9.58. The summed E-state index contributed by atoms with van der Waals surface area (Å²) in [6.45, 7) is 2.35. The molecule has 2 aliphatic carbocycles. The van der Waals surface area contributed by atoms with Crippen molar-refractivity contribution in [2.75, 3.05) is 0 Å². The molecule has 0 spiro atoms. The molecule has 0 unspecified atom stereocenters. The number of hydrogen-bond donors (Lipinski definition) is 1. The quantitative estimate of drug-likeness (QED) is 0.862. The lowest BCUT2D eigenvalue weighted by Crippen LogP contribution is -2.40. The zero-order valence-electron chi connectivity index (χ0n) is 13.0. The van der Waals surface area contributed by atoms with Gasteiger partial charge in [-0.15, -0.1) is 0 Å². The maximum Gasteiger partial charge on any atom is 0.132 e. The minimum atomic E-state index is 0.237. The van der Waals surface area contributed by atoms with Crippen molar-refractivity contribution in [3.63, 3.8) is 0 Å². The minimum Gasteiger partial charge on any atom is -0.508 e. The van der Waals surface area contributed by atoms with E-state index in [1.807, 2.05) is 12.1 Å². The van der Waals surface area contributed by atoms with E-state index in [9.17, 15) is 9.90 Å². The number of hydrogen-bond acceptors (Lipinski definition) is 2. The molecule has 2 heteroatoms. The van der Waals surface area contributed by atoms with Gasteiger partial charge >= 0.3 is 0 Å². The van der Waals surface area contributed by atoms with Gasteiger partial charge in [-0.25, -0.2) is 0 Å². The largest absolute Gasteiger partial charge is 0.508 e. The molecule has 0 atom stereocenters. The van der Waals surface area contributed by atoms with E-state index in [4.69, 9.17) is 0 Å². The van der Waals surface area contributed by atoms with Gasteiger partial charge in [0.15, 0.2) is 0 Å². The first-order chi connectivity index (χ1) is 10.1. The second-order valence-corrected chi connectivity index (χ2v) is 7.20. The predicted octanol–water partition coefficient (Wildman–Crippen LogP) is 4.60. The fourth-order valence-corrected chi connectivity index (χ4v) is 4.50. The Hall–Kier alpha value is -1.31. The van der Waals surface area contributed by atoms with Crippen molar-refractivity contribution >= 4 is 5.78 Å². The molecule has 0 heterocycles. The zero-order chi connectivity index (χ0) is 14.9. The summed E-state index contributed by atoms with van der Waals surface area (Å²) in [4.78, 5) is 11.6. The third-order valence-corrected chi connectivity index (χ3v) is 5.93. The van der Waals surface area contributed by atoms with Crippen LogP contribution < -0.4 is 0 Å². The monoisotopic (exact) mass is 286 g/mol. The van der Waals surface area contributed by atoms with Gasteiger partial charge in [-0.05, 0) is 73.5 Å². The molecule has 2 nitrogen and oxygen atoms in total. The normalized spacial score (nSPS) is 31.3. The van der Waals surface area contributed by atoms with Crippen LogP contribution in [0.15, 0.2) is 24.3 Å². The summed E-state index contributed by atoms with van der Waals surface area (Å²) in [5.41, 5.74) is 1.62. The number of aromatic hydroxyl groups is 1. The molecule has 0 saturated heterocycles. The Balaban J connectivity index is 1.91. The van der Waals surface area contributed by atoms with Crippen LogP contribution in [-0.4, -0.2) is 10.9 Å². The molecule has 114 valence electrons. The van der Waals surface area contributed by atoms with E-state index >= 15 is 0 Å². The fraction of sp³-hybridized carbons (Fsp3) is 0.632. The van der Waals surface area contributed by atoms with E-state index in [2.05, 4.69) is 19.1 Å². The van der Waals surface area contributed by atoms with E-state index < -0.39 is 0 Å². The Morgan fingerprint density at radius 3 is 2.14 bits per heavy atom. The SMILES string of the molecule is CC1CCC(c2ccc(O)cc2)(C2CCC(=O)CC2)CC1. The van der Waals surface area contributed by atoms with Crippen LogP contribution in [0.3, 0.4) is 0 Å². The first-order valence-corrected chi connectivity index (χ1v) is 8.41. The van der Waals surface area contributed by atoms with Crippen molar-refractivity contribution in [2.24, 2.45) is 11.8 Å². The van der Waals surface area contributed by atoms with Crippen LogP contribution >= 0.6 is 0 Å². The molecular formula is C19H26O2. The second-order valence-electron chi connectivity index (χ2n) is 7.20. The molecule has 0 bridgehead atoms. The molecule has 2 saturated carbocycles. The van der Waals surface area contributed by atoms with Gasteiger partial charge in [-0.3, -0.25) is 4.79 Å². The maximum absolute atomic E-state index is 11.6. The van der Waals surface area contributed by atoms with Gasteiger partial charge in [0, 0.05) is 12.8 Å². The average Bonchev–Trinajstić information content (AvgIpc) is 2.50. The number of carbonyl (C=O) groups is 1. The van der Waals surface area contributed by atoms with Crippen molar-refractivity contribution in [1.29, 1.82) is 0 Å². The van der Waals surface area contributed by atoms with Crippen molar-refractivity contribution in [3.05, 3.63) is 29.8 Å². The van der Waals surface area contributed by atoms with Gasteiger partial charge in [0.25, 0.3) is 0 Å². The van der Waals surface area contributed by atoms with E-state index in [1.165, 1.54) is 31.2 Å². The summed E-state index contributed by atoms with van der Waals surface area (Å²) < 4.78 is 0. The Bertz CT molecular complexity index is 485. The first kappa shape index (κ1) is 14.6. The highest BCUT2D eigenvalue weighted by Gasteiger charge is 2.43. The Kier molecular flexibility index (Phi) is 4.05. The third-order valence-electron chi connectivity index (χ3n) is 5.93. The summed E-state index contributed by atoms with van der Waals surface area (Å²) in [5.74, 6) is 2.24. The summed E-state index contributed by atoms with van der Waals surface area (Å²) in [7, 11) is 0. The van der Waals surface area contributed by atoms with Crippen molar-refractivity contribution in [3.8, 4) is 5.75 Å². The van der Waals surface area contributed by atoms with Crippen LogP contribution in [0.2, 0.25) is 0 Å². The van der Waals surface area contributed by atoms with Crippen LogP contribution in [0.4, 0.5) is 0 Å². The van der Waals surface area contributed by atoms with Crippen LogP contribution in [0.5, 0.6) is 5.75 Å². The number of benzene rings is 1. The van der Waals surface area contributed by atoms with Crippen LogP contribution in [-0.2, 0) is 10.2 Å². The van der Waals surface area contributed by atoms with E-state index in [0.717, 1.165) is 31.6 Å². The number of rotatable bonds is 2. The zero-order valence-corrected chi connectivity index (χ0v) is 13.0. The maximum atomic E-state index is 11.6. The van der Waals surface area contributed by atoms with Gasteiger partial charge in [-0.2, -0.15) is 0 Å². The second kappa shape index (κ2) is 5.82. The molecule has 0 amide bonds. The summed E-state index contributed by atoms with van der Waals surface area (Å²) >= 11 is 0. The Labute approximate surface area is 127 Å². The third kappa shape index (κ3) is 2.86. The number of Topliss-reactive ketones (excluding diaryl/α,β-unsaturated/α-hetero) is 1. The van der Waals surface area contributed by atoms with Crippen LogP contribution in [0, 0.1) is 11.8 Å². The number of carbonyl (C=O) groups excluding carboxylic acids is 1. The molecule has 2 aliphatic rings. The van der Waals surface area contributed by atoms with Crippen LogP contribution in [0.1, 0.15) is 63.9 Å². The minimum absolute atomic E-state index is 0.237. The topological polar surface area (TPSA) is 37.3 Å². The fourth-order valence-electron chi connectivity index (χ4n) is 4.50. The predicted molar refractivity (Wildman–Crippen MR) is 84.4 cm³/mol. The Morgan fingerprint density at radius 1 is 1.00 bits per heavy atom. The average molecular weight is 286 g/mol. The van der Waals surface area contributed by atoms with E-state index in [1.54, 1.807) is 0 Å². The molecule has 0 radical (unpaired) electrons. The van der Waals surface area contributed by atoms with E-state index in [-0.39, 0.29) is 5.41 Å². The number of phenolic OH excluding ortho intramolecular Hbond substituents is 1. The van der Waals surface area contributed by atoms with Crippen molar-refractivity contribution in [2.45, 2.75) is 63.7 Å². The molecule has 3 rings (SSSR count). The lowest BCUT2D eigenvalue weighted by molar-refractivity contribution is -0.121.